The van der Waals surface area contributed by atoms with Gasteiger partial charge in [0.2, 0.25) is 0 Å². The van der Waals surface area contributed by atoms with Crippen LogP contribution < -0.4 is 4.74 Å². The molecule has 0 unspecified atom stereocenters. The van der Waals surface area contributed by atoms with E-state index < -0.39 is 23.7 Å². The standard InChI is InChI=1S/C27H30N2O6/c1-16-14-20-15-19(10-11-21(20)35-16)24(30)22-23(17-6-8-18(9-7-17)27(33)34-4)29(26(32)25(22)31)13-5-12-28(2)3/h6-11,15-16,23,30H,5,12-14H2,1-4H3/t16-,23+/m0/s1. The van der Waals surface area contributed by atoms with Crippen molar-refractivity contribution in [2.75, 3.05) is 34.3 Å². The van der Waals surface area contributed by atoms with Crippen LogP contribution in [0.5, 0.6) is 5.75 Å². The van der Waals surface area contributed by atoms with Gasteiger partial charge in [0.15, 0.2) is 0 Å². The Kier molecular flexibility index (Phi) is 6.93. The molecule has 2 aromatic carbocycles. The van der Waals surface area contributed by atoms with Crippen molar-refractivity contribution in [1.29, 1.82) is 0 Å². The first-order valence-electron chi connectivity index (χ1n) is 11.6. The Morgan fingerprint density at radius 1 is 1.14 bits per heavy atom. The third kappa shape index (κ3) is 4.79. The van der Waals surface area contributed by atoms with E-state index in [1.807, 2.05) is 32.0 Å². The maximum atomic E-state index is 13.2. The van der Waals surface area contributed by atoms with Crippen LogP contribution in [0.1, 0.15) is 46.4 Å². The van der Waals surface area contributed by atoms with Gasteiger partial charge in [0.05, 0.1) is 24.3 Å². The topological polar surface area (TPSA) is 96.4 Å². The molecule has 4 rings (SSSR count). The number of aliphatic hydroxyl groups is 1. The van der Waals surface area contributed by atoms with Crippen LogP contribution in [0.2, 0.25) is 0 Å². The molecule has 1 N–H and O–H groups in total. The molecule has 35 heavy (non-hydrogen) atoms. The Morgan fingerprint density at radius 3 is 2.49 bits per heavy atom. The number of ketones is 1. The molecule has 1 fully saturated rings. The predicted octanol–water partition coefficient (Wildman–Crippen LogP) is 3.17. The first-order chi connectivity index (χ1) is 16.7. The number of carbonyl (C=O) groups excluding carboxylic acids is 3. The van der Waals surface area contributed by atoms with Gasteiger partial charge in [-0.05, 0) is 75.4 Å². The number of amides is 1. The minimum Gasteiger partial charge on any atom is -0.507 e. The zero-order chi connectivity index (χ0) is 25.3. The zero-order valence-electron chi connectivity index (χ0n) is 20.4. The molecule has 2 aliphatic heterocycles. The van der Waals surface area contributed by atoms with E-state index in [1.165, 1.54) is 12.0 Å². The van der Waals surface area contributed by atoms with Crippen molar-refractivity contribution in [2.24, 2.45) is 0 Å². The molecule has 0 saturated carbocycles. The van der Waals surface area contributed by atoms with Crippen LogP contribution in [-0.2, 0) is 20.7 Å². The first-order valence-corrected chi connectivity index (χ1v) is 11.6. The van der Waals surface area contributed by atoms with Gasteiger partial charge in [0.25, 0.3) is 11.7 Å². The van der Waals surface area contributed by atoms with Crippen molar-refractivity contribution in [3.8, 4) is 5.75 Å². The van der Waals surface area contributed by atoms with E-state index in [-0.39, 0.29) is 17.4 Å². The molecular weight excluding hydrogens is 448 g/mol. The fourth-order valence-electron chi connectivity index (χ4n) is 4.66. The summed E-state index contributed by atoms with van der Waals surface area (Å²) in [5.41, 5.74) is 2.43. The van der Waals surface area contributed by atoms with Crippen molar-refractivity contribution in [3.63, 3.8) is 0 Å². The average molecular weight is 479 g/mol. The molecule has 1 amide bonds. The summed E-state index contributed by atoms with van der Waals surface area (Å²) in [4.78, 5) is 41.7. The Labute approximate surface area is 204 Å². The van der Waals surface area contributed by atoms with Crippen LogP contribution in [-0.4, -0.2) is 73.0 Å². The molecule has 0 bridgehead atoms. The van der Waals surface area contributed by atoms with E-state index in [9.17, 15) is 19.5 Å². The van der Waals surface area contributed by atoms with Crippen molar-refractivity contribution in [1.82, 2.24) is 9.80 Å². The number of benzene rings is 2. The Balaban J connectivity index is 1.77. The highest BCUT2D eigenvalue weighted by molar-refractivity contribution is 6.46. The number of ether oxygens (including phenoxy) is 2. The van der Waals surface area contributed by atoms with Gasteiger partial charge in [-0.15, -0.1) is 0 Å². The fourth-order valence-corrected chi connectivity index (χ4v) is 4.66. The molecule has 8 heteroatoms. The lowest BCUT2D eigenvalue weighted by molar-refractivity contribution is -0.139. The van der Waals surface area contributed by atoms with E-state index in [2.05, 4.69) is 0 Å². The van der Waals surface area contributed by atoms with Crippen LogP contribution in [0, 0.1) is 0 Å². The summed E-state index contributed by atoms with van der Waals surface area (Å²) in [6.45, 7) is 3.05. The summed E-state index contributed by atoms with van der Waals surface area (Å²) >= 11 is 0. The number of Topliss-reactive ketones (excluding diaryl/α,β-unsaturated/α-hetero) is 1. The van der Waals surface area contributed by atoms with Crippen molar-refractivity contribution in [3.05, 3.63) is 70.3 Å². The molecule has 8 nitrogen and oxygen atoms in total. The van der Waals surface area contributed by atoms with Gasteiger partial charge >= 0.3 is 5.97 Å². The molecule has 1 saturated heterocycles. The van der Waals surface area contributed by atoms with Gasteiger partial charge in [-0.3, -0.25) is 9.59 Å². The highest BCUT2D eigenvalue weighted by Crippen LogP contribution is 2.40. The molecule has 184 valence electrons. The number of fused-ring (bicyclic) bond motifs is 1. The summed E-state index contributed by atoms with van der Waals surface area (Å²) in [5.74, 6) is -1.31. The minimum atomic E-state index is -0.771. The largest absolute Gasteiger partial charge is 0.507 e. The SMILES string of the molecule is COC(=O)c1ccc([C@@H]2C(=C(O)c3ccc4c(c3)C[C@H](C)O4)C(=O)C(=O)N2CCCN(C)C)cc1. The lowest BCUT2D eigenvalue weighted by Gasteiger charge is -2.26. The number of aliphatic hydroxyl groups excluding tert-OH is 1. The molecular formula is C27H30N2O6. The van der Waals surface area contributed by atoms with E-state index in [4.69, 9.17) is 9.47 Å². The number of carbonyl (C=O) groups is 3. The number of nitrogens with zero attached hydrogens (tertiary/aromatic N) is 2. The second-order valence-corrected chi connectivity index (χ2v) is 9.22. The second kappa shape index (κ2) is 9.92. The summed E-state index contributed by atoms with van der Waals surface area (Å²) < 4.78 is 10.5. The number of likely N-dealkylation sites (tertiary alicyclic amines) is 1. The van der Waals surface area contributed by atoms with Crippen molar-refractivity contribution in [2.45, 2.75) is 31.9 Å². The highest BCUT2D eigenvalue weighted by Gasteiger charge is 2.46. The molecule has 2 aliphatic rings. The number of hydrogen-bond donors (Lipinski definition) is 1. The Hall–Kier alpha value is -3.65. The number of rotatable bonds is 7. The van der Waals surface area contributed by atoms with Gasteiger partial charge in [-0.2, -0.15) is 0 Å². The molecule has 2 atom stereocenters. The maximum absolute atomic E-state index is 13.2. The van der Waals surface area contributed by atoms with E-state index in [0.717, 1.165) is 17.9 Å². The van der Waals surface area contributed by atoms with E-state index >= 15 is 0 Å². The van der Waals surface area contributed by atoms with Crippen LogP contribution in [0.15, 0.2) is 48.0 Å². The summed E-state index contributed by atoms with van der Waals surface area (Å²) in [6, 6.07) is 11.1. The minimum absolute atomic E-state index is 0.0394. The molecule has 0 spiro atoms. The van der Waals surface area contributed by atoms with Crippen LogP contribution in [0.3, 0.4) is 0 Å². The number of hydrogen-bond acceptors (Lipinski definition) is 7. The lowest BCUT2D eigenvalue weighted by atomic mass is 9.94. The molecule has 2 aromatic rings. The zero-order valence-corrected chi connectivity index (χ0v) is 20.4. The van der Waals surface area contributed by atoms with Crippen molar-refractivity contribution < 1.29 is 29.0 Å². The van der Waals surface area contributed by atoms with E-state index in [1.54, 1.807) is 36.4 Å². The highest BCUT2D eigenvalue weighted by atomic mass is 16.5. The normalized spacial score (nSPS) is 20.8. The molecule has 0 aliphatic carbocycles. The van der Waals surface area contributed by atoms with E-state index in [0.29, 0.717) is 36.1 Å². The smallest absolute Gasteiger partial charge is 0.337 e. The maximum Gasteiger partial charge on any atom is 0.337 e. The third-order valence-corrected chi connectivity index (χ3v) is 6.36. The third-order valence-electron chi connectivity index (χ3n) is 6.36. The average Bonchev–Trinajstić information content (AvgIpc) is 3.34. The van der Waals surface area contributed by atoms with Gasteiger partial charge < -0.3 is 24.4 Å². The Bertz CT molecular complexity index is 1180. The van der Waals surface area contributed by atoms with Crippen LogP contribution >= 0.6 is 0 Å². The van der Waals surface area contributed by atoms with Gasteiger partial charge in [-0.1, -0.05) is 12.1 Å². The molecule has 0 aromatic heterocycles. The van der Waals surface area contributed by atoms with Gasteiger partial charge in [-0.25, -0.2) is 4.79 Å². The number of esters is 1. The van der Waals surface area contributed by atoms with Crippen LogP contribution in [0.25, 0.3) is 5.76 Å². The number of methoxy groups -OCH3 is 1. The monoisotopic (exact) mass is 478 g/mol. The second-order valence-electron chi connectivity index (χ2n) is 9.22. The van der Waals surface area contributed by atoms with Crippen LogP contribution in [0.4, 0.5) is 0 Å². The van der Waals surface area contributed by atoms with Gasteiger partial charge in [0, 0.05) is 18.5 Å². The van der Waals surface area contributed by atoms with Gasteiger partial charge in [0.1, 0.15) is 17.6 Å². The molecule has 2 heterocycles. The van der Waals surface area contributed by atoms with Crippen molar-refractivity contribution >= 4 is 23.4 Å². The Morgan fingerprint density at radius 2 is 1.83 bits per heavy atom. The fraction of sp³-hybridized carbons (Fsp3) is 0.370. The summed E-state index contributed by atoms with van der Waals surface area (Å²) in [5, 5.41) is 11.3. The lowest BCUT2D eigenvalue weighted by Crippen LogP contribution is -2.32. The summed E-state index contributed by atoms with van der Waals surface area (Å²) in [7, 11) is 5.18. The molecule has 0 radical (unpaired) electrons. The summed E-state index contributed by atoms with van der Waals surface area (Å²) in [6.07, 6.45) is 1.40. The first kappa shape index (κ1) is 24.5. The predicted molar refractivity (Wildman–Crippen MR) is 130 cm³/mol. The quantitative estimate of drug-likeness (QED) is 0.283.